The lowest BCUT2D eigenvalue weighted by atomic mass is 10.2. The molecule has 0 unspecified atom stereocenters. The average molecular weight is 255 g/mol. The van der Waals surface area contributed by atoms with Gasteiger partial charge in [0.2, 0.25) is 0 Å². The first kappa shape index (κ1) is 11.8. The Morgan fingerprint density at radius 2 is 2.11 bits per heavy atom. The summed E-state index contributed by atoms with van der Waals surface area (Å²) in [6.45, 7) is 4.21. The van der Waals surface area contributed by atoms with Crippen molar-refractivity contribution >= 4 is 11.5 Å². The van der Waals surface area contributed by atoms with Gasteiger partial charge in [0.05, 0.1) is 12.2 Å². The van der Waals surface area contributed by atoms with E-state index < -0.39 is 0 Å². The number of rotatable bonds is 1. The highest BCUT2D eigenvalue weighted by molar-refractivity contribution is 5.66. The number of nitrogens with zero attached hydrogens (tertiary/aromatic N) is 2. The number of nitrogens with two attached hydrogens (primary N) is 1. The molecule has 2 aromatic rings. The van der Waals surface area contributed by atoms with E-state index in [1.807, 2.05) is 31.2 Å². The number of para-hydroxylation sites is 1. The third-order valence-corrected chi connectivity index (χ3v) is 3.44. The van der Waals surface area contributed by atoms with Gasteiger partial charge in [-0.05, 0) is 24.6 Å². The zero-order valence-electron chi connectivity index (χ0n) is 11.0. The van der Waals surface area contributed by atoms with Gasteiger partial charge in [0.15, 0.2) is 5.82 Å². The minimum Gasteiger partial charge on any atom is -0.491 e. The van der Waals surface area contributed by atoms with Crippen LogP contribution in [0.5, 0.6) is 5.75 Å². The summed E-state index contributed by atoms with van der Waals surface area (Å²) in [5.41, 5.74) is 9.12. The molecule has 1 aliphatic rings. The first-order valence-corrected chi connectivity index (χ1v) is 6.42. The summed E-state index contributed by atoms with van der Waals surface area (Å²) in [5, 5.41) is 0. The Kier molecular flexibility index (Phi) is 2.99. The molecule has 1 aromatic carbocycles. The molecule has 0 aliphatic carbocycles. The Bertz CT molecular complexity index is 598. The minimum atomic E-state index is 0.645. The largest absolute Gasteiger partial charge is 0.491 e. The summed E-state index contributed by atoms with van der Waals surface area (Å²) in [6, 6.07) is 10.0. The van der Waals surface area contributed by atoms with Gasteiger partial charge in [-0.25, -0.2) is 4.98 Å². The molecule has 0 radical (unpaired) electrons. The van der Waals surface area contributed by atoms with Crippen molar-refractivity contribution in [2.75, 3.05) is 23.8 Å². The SMILES string of the molecule is Cc1ccnc(N2CCOc3ccccc3C2)c1N. The zero-order valence-corrected chi connectivity index (χ0v) is 11.0. The second-order valence-electron chi connectivity index (χ2n) is 4.74. The third kappa shape index (κ3) is 2.21. The Balaban J connectivity index is 1.96. The van der Waals surface area contributed by atoms with Crippen molar-refractivity contribution in [3.05, 3.63) is 47.7 Å². The second-order valence-corrected chi connectivity index (χ2v) is 4.74. The van der Waals surface area contributed by atoms with Crippen LogP contribution in [0, 0.1) is 6.92 Å². The maximum absolute atomic E-state index is 6.14. The molecule has 4 nitrogen and oxygen atoms in total. The fraction of sp³-hybridized carbons (Fsp3) is 0.267. The number of nitrogen functional groups attached to an aromatic ring is 1. The summed E-state index contributed by atoms with van der Waals surface area (Å²) in [6.07, 6.45) is 1.80. The predicted octanol–water partition coefficient (Wildman–Crippen LogP) is 2.37. The maximum Gasteiger partial charge on any atom is 0.152 e. The van der Waals surface area contributed by atoms with Gasteiger partial charge in [-0.2, -0.15) is 0 Å². The van der Waals surface area contributed by atoms with E-state index in [1.54, 1.807) is 6.20 Å². The van der Waals surface area contributed by atoms with Gasteiger partial charge in [-0.15, -0.1) is 0 Å². The number of aryl methyl sites for hydroxylation is 1. The number of benzene rings is 1. The number of fused-ring (bicyclic) bond motifs is 1. The first-order chi connectivity index (χ1) is 9.25. The topological polar surface area (TPSA) is 51.4 Å². The van der Waals surface area contributed by atoms with Gasteiger partial charge < -0.3 is 15.4 Å². The van der Waals surface area contributed by atoms with Crippen molar-refractivity contribution < 1.29 is 4.74 Å². The summed E-state index contributed by atoms with van der Waals surface area (Å²) in [5.74, 6) is 1.80. The molecule has 0 spiro atoms. The highest BCUT2D eigenvalue weighted by Gasteiger charge is 2.18. The maximum atomic E-state index is 6.14. The van der Waals surface area contributed by atoms with Crippen molar-refractivity contribution in [1.29, 1.82) is 0 Å². The van der Waals surface area contributed by atoms with Crippen LogP contribution >= 0.6 is 0 Å². The van der Waals surface area contributed by atoms with E-state index >= 15 is 0 Å². The molecule has 2 heterocycles. The van der Waals surface area contributed by atoms with E-state index in [4.69, 9.17) is 10.5 Å². The molecule has 0 amide bonds. The molecule has 2 N–H and O–H groups in total. The van der Waals surface area contributed by atoms with Crippen molar-refractivity contribution in [3.8, 4) is 5.75 Å². The van der Waals surface area contributed by atoms with Crippen LogP contribution in [0.3, 0.4) is 0 Å². The fourth-order valence-corrected chi connectivity index (χ4v) is 2.31. The van der Waals surface area contributed by atoms with E-state index in [1.165, 1.54) is 5.56 Å². The summed E-state index contributed by atoms with van der Waals surface area (Å²) in [4.78, 5) is 6.60. The van der Waals surface area contributed by atoms with Crippen LogP contribution in [0.1, 0.15) is 11.1 Å². The van der Waals surface area contributed by atoms with Crippen LogP contribution in [0.25, 0.3) is 0 Å². The summed E-state index contributed by atoms with van der Waals surface area (Å²) in [7, 11) is 0. The third-order valence-electron chi connectivity index (χ3n) is 3.44. The van der Waals surface area contributed by atoms with Crippen molar-refractivity contribution in [3.63, 3.8) is 0 Å². The average Bonchev–Trinajstić information content (AvgIpc) is 2.64. The molecule has 0 fully saturated rings. The quantitative estimate of drug-likeness (QED) is 0.850. The molecule has 0 saturated carbocycles. The molecule has 0 saturated heterocycles. The van der Waals surface area contributed by atoms with Gasteiger partial charge in [-0.1, -0.05) is 18.2 Å². The lowest BCUT2D eigenvalue weighted by molar-refractivity contribution is 0.331. The number of ether oxygens (including phenoxy) is 1. The number of aromatic nitrogens is 1. The van der Waals surface area contributed by atoms with Gasteiger partial charge in [0, 0.05) is 18.3 Å². The molecular weight excluding hydrogens is 238 g/mol. The summed E-state index contributed by atoms with van der Waals surface area (Å²) < 4.78 is 5.76. The normalized spacial score (nSPS) is 14.5. The number of anilines is 2. The highest BCUT2D eigenvalue weighted by Crippen LogP contribution is 2.29. The molecule has 0 atom stereocenters. The fourth-order valence-electron chi connectivity index (χ4n) is 2.31. The molecule has 98 valence electrons. The van der Waals surface area contributed by atoms with Gasteiger partial charge in [-0.3, -0.25) is 0 Å². The monoisotopic (exact) mass is 255 g/mol. The number of hydrogen-bond acceptors (Lipinski definition) is 4. The van der Waals surface area contributed by atoms with Crippen LogP contribution in [0.15, 0.2) is 36.5 Å². The minimum absolute atomic E-state index is 0.645. The van der Waals surface area contributed by atoms with Crippen LogP contribution in [0.4, 0.5) is 11.5 Å². The van der Waals surface area contributed by atoms with Gasteiger partial charge >= 0.3 is 0 Å². The van der Waals surface area contributed by atoms with Gasteiger partial charge in [0.25, 0.3) is 0 Å². The Morgan fingerprint density at radius 1 is 1.26 bits per heavy atom. The van der Waals surface area contributed by atoms with E-state index in [0.29, 0.717) is 6.61 Å². The molecule has 19 heavy (non-hydrogen) atoms. The lowest BCUT2D eigenvalue weighted by Crippen LogP contribution is -2.27. The van der Waals surface area contributed by atoms with E-state index in [2.05, 4.69) is 16.0 Å². The standard InChI is InChI=1S/C15H17N3O/c1-11-6-7-17-15(14(11)16)18-8-9-19-13-5-3-2-4-12(13)10-18/h2-7H,8-10,16H2,1H3. The predicted molar refractivity (Wildman–Crippen MR) is 76.4 cm³/mol. The van der Waals surface area contributed by atoms with Crippen LogP contribution in [-0.2, 0) is 6.54 Å². The molecule has 0 bridgehead atoms. The number of hydrogen-bond donors (Lipinski definition) is 1. The Morgan fingerprint density at radius 3 is 3.00 bits per heavy atom. The Hall–Kier alpha value is -2.23. The Labute approximate surface area is 112 Å². The zero-order chi connectivity index (χ0) is 13.2. The molecule has 4 heteroatoms. The molecule has 1 aliphatic heterocycles. The van der Waals surface area contributed by atoms with Crippen molar-refractivity contribution in [1.82, 2.24) is 4.98 Å². The lowest BCUT2D eigenvalue weighted by Gasteiger charge is -2.23. The van der Waals surface area contributed by atoms with Crippen LogP contribution in [0.2, 0.25) is 0 Å². The van der Waals surface area contributed by atoms with Gasteiger partial charge in [0.1, 0.15) is 12.4 Å². The number of pyridine rings is 1. The van der Waals surface area contributed by atoms with Crippen LogP contribution < -0.4 is 15.4 Å². The molecule has 3 rings (SSSR count). The van der Waals surface area contributed by atoms with E-state index in [-0.39, 0.29) is 0 Å². The summed E-state index contributed by atoms with van der Waals surface area (Å²) >= 11 is 0. The second kappa shape index (κ2) is 4.80. The molecular formula is C15H17N3O. The van der Waals surface area contributed by atoms with Crippen molar-refractivity contribution in [2.24, 2.45) is 0 Å². The van der Waals surface area contributed by atoms with Crippen molar-refractivity contribution in [2.45, 2.75) is 13.5 Å². The highest BCUT2D eigenvalue weighted by atomic mass is 16.5. The van der Waals surface area contributed by atoms with E-state index in [9.17, 15) is 0 Å². The molecule has 1 aromatic heterocycles. The van der Waals surface area contributed by atoms with Crippen LogP contribution in [-0.4, -0.2) is 18.1 Å². The smallest absolute Gasteiger partial charge is 0.152 e. The van der Waals surface area contributed by atoms with E-state index in [0.717, 1.165) is 35.9 Å². The first-order valence-electron chi connectivity index (χ1n) is 6.42.